The van der Waals surface area contributed by atoms with Crippen molar-refractivity contribution in [3.8, 4) is 0 Å². The molecule has 1 aliphatic rings. The summed E-state index contributed by atoms with van der Waals surface area (Å²) in [6, 6.07) is 11.9. The second kappa shape index (κ2) is 6.06. The number of nitrogens with one attached hydrogen (secondary N) is 1. The van der Waals surface area contributed by atoms with Crippen LogP contribution in [0.25, 0.3) is 0 Å². The van der Waals surface area contributed by atoms with E-state index in [1.54, 1.807) is 0 Å². The van der Waals surface area contributed by atoms with Gasteiger partial charge in [-0.15, -0.1) is 0 Å². The molecule has 4 heteroatoms. The van der Waals surface area contributed by atoms with Crippen molar-refractivity contribution in [3.63, 3.8) is 0 Å². The van der Waals surface area contributed by atoms with Gasteiger partial charge in [-0.1, -0.05) is 18.2 Å². The molecule has 1 unspecified atom stereocenters. The molecule has 0 saturated heterocycles. The van der Waals surface area contributed by atoms with E-state index < -0.39 is 0 Å². The number of amides is 1. The molecule has 2 aromatic rings. The highest BCUT2D eigenvalue weighted by molar-refractivity contribution is 5.95. The van der Waals surface area contributed by atoms with E-state index in [0.29, 0.717) is 0 Å². The molecule has 21 heavy (non-hydrogen) atoms. The fourth-order valence-electron chi connectivity index (χ4n) is 2.63. The first-order valence-corrected chi connectivity index (χ1v) is 7.26. The molecule has 0 fully saturated rings. The molecule has 0 radical (unpaired) electrons. The molecule has 1 amide bonds. The monoisotopic (exact) mass is 281 g/mol. The molecule has 1 N–H and O–H groups in total. The summed E-state index contributed by atoms with van der Waals surface area (Å²) < 4.78 is 0. The number of rotatable bonds is 3. The van der Waals surface area contributed by atoms with Gasteiger partial charge in [0.2, 0.25) is 5.91 Å². The molecule has 1 atom stereocenters. The Morgan fingerprint density at radius 1 is 1.24 bits per heavy atom. The van der Waals surface area contributed by atoms with Gasteiger partial charge in [-0.05, 0) is 42.7 Å². The van der Waals surface area contributed by atoms with Gasteiger partial charge in [0.1, 0.15) is 0 Å². The van der Waals surface area contributed by atoms with Crippen LogP contribution in [0.4, 0.5) is 5.69 Å². The minimum atomic E-state index is -0.126. The van der Waals surface area contributed by atoms with Crippen LogP contribution in [0.5, 0.6) is 0 Å². The smallest absolute Gasteiger partial charge is 0.241 e. The summed E-state index contributed by atoms with van der Waals surface area (Å²) in [7, 11) is 0. The number of nitrogens with zero attached hydrogens (tertiary/aromatic N) is 2. The number of carbonyl (C=O) groups is 1. The van der Waals surface area contributed by atoms with E-state index in [1.165, 1.54) is 11.1 Å². The normalized spacial score (nSPS) is 18.7. The number of anilines is 1. The predicted octanol–water partition coefficient (Wildman–Crippen LogP) is 2.47. The molecular weight excluding hydrogens is 262 g/mol. The van der Waals surface area contributed by atoms with Crippen LogP contribution in [0.3, 0.4) is 0 Å². The minimum absolute atomic E-state index is 0.0645. The van der Waals surface area contributed by atoms with E-state index in [-0.39, 0.29) is 11.9 Å². The van der Waals surface area contributed by atoms with Crippen molar-refractivity contribution in [1.29, 1.82) is 0 Å². The molecule has 1 aliphatic heterocycles. The summed E-state index contributed by atoms with van der Waals surface area (Å²) in [6.07, 6.45) is 4.54. The number of hydrogen-bond acceptors (Lipinski definition) is 3. The van der Waals surface area contributed by atoms with Crippen LogP contribution >= 0.6 is 0 Å². The van der Waals surface area contributed by atoms with Gasteiger partial charge in [-0.25, -0.2) is 0 Å². The van der Waals surface area contributed by atoms with Crippen LogP contribution < -0.4 is 5.32 Å². The Bertz CT molecular complexity index is 627. The zero-order valence-electron chi connectivity index (χ0n) is 12.1. The maximum Gasteiger partial charge on any atom is 0.241 e. The van der Waals surface area contributed by atoms with Crippen LogP contribution in [-0.2, 0) is 17.8 Å². The van der Waals surface area contributed by atoms with E-state index >= 15 is 0 Å². The van der Waals surface area contributed by atoms with E-state index in [9.17, 15) is 4.79 Å². The van der Waals surface area contributed by atoms with Gasteiger partial charge >= 0.3 is 0 Å². The first-order chi connectivity index (χ1) is 10.2. The van der Waals surface area contributed by atoms with Crippen molar-refractivity contribution in [2.45, 2.75) is 25.9 Å². The molecule has 0 aliphatic carbocycles. The molecular formula is C17H19N3O. The lowest BCUT2D eigenvalue weighted by atomic mass is 10.1. The van der Waals surface area contributed by atoms with Gasteiger partial charge < -0.3 is 5.32 Å². The van der Waals surface area contributed by atoms with Crippen molar-refractivity contribution < 1.29 is 4.79 Å². The molecule has 4 nitrogen and oxygen atoms in total. The van der Waals surface area contributed by atoms with Crippen molar-refractivity contribution in [3.05, 3.63) is 59.9 Å². The van der Waals surface area contributed by atoms with E-state index in [2.05, 4.69) is 21.3 Å². The number of benzene rings is 1. The Hall–Kier alpha value is -2.20. The Morgan fingerprint density at radius 3 is 2.81 bits per heavy atom. The quantitative estimate of drug-likeness (QED) is 0.940. The zero-order chi connectivity index (χ0) is 14.7. The molecule has 108 valence electrons. The van der Waals surface area contributed by atoms with Crippen LogP contribution in [0, 0.1) is 0 Å². The Morgan fingerprint density at radius 2 is 2.00 bits per heavy atom. The van der Waals surface area contributed by atoms with Crippen LogP contribution in [0.2, 0.25) is 0 Å². The van der Waals surface area contributed by atoms with Crippen molar-refractivity contribution in [1.82, 2.24) is 9.88 Å². The molecule has 0 bridgehead atoms. The standard InChI is InChI=1S/C17H19N3O/c1-13-17(21)19-16-5-3-2-4-15(16)12-20(13)11-8-14-6-9-18-10-7-14/h2-7,9-10,13H,8,11-12H2,1H3,(H,19,21). The van der Waals surface area contributed by atoms with E-state index in [1.807, 2.05) is 49.6 Å². The lowest BCUT2D eigenvalue weighted by molar-refractivity contribution is -0.120. The van der Waals surface area contributed by atoms with Crippen LogP contribution in [0.1, 0.15) is 18.1 Å². The van der Waals surface area contributed by atoms with Crippen molar-refractivity contribution in [2.24, 2.45) is 0 Å². The van der Waals surface area contributed by atoms with Gasteiger partial charge in [-0.3, -0.25) is 14.7 Å². The minimum Gasteiger partial charge on any atom is -0.324 e. The summed E-state index contributed by atoms with van der Waals surface area (Å²) in [4.78, 5) is 18.5. The summed E-state index contributed by atoms with van der Waals surface area (Å²) >= 11 is 0. The third kappa shape index (κ3) is 3.11. The average Bonchev–Trinajstić information content (AvgIpc) is 2.64. The third-order valence-corrected chi connectivity index (χ3v) is 4.01. The first-order valence-electron chi connectivity index (χ1n) is 7.26. The number of pyridine rings is 1. The maximum absolute atomic E-state index is 12.2. The Kier molecular flexibility index (Phi) is 3.97. The van der Waals surface area contributed by atoms with Gasteiger partial charge in [0.05, 0.1) is 6.04 Å². The molecule has 2 heterocycles. The first kappa shape index (κ1) is 13.8. The fraction of sp³-hybridized carbons (Fsp3) is 0.294. The second-order valence-corrected chi connectivity index (χ2v) is 5.40. The van der Waals surface area contributed by atoms with Gasteiger partial charge in [0, 0.05) is 31.2 Å². The number of fused-ring (bicyclic) bond motifs is 1. The summed E-state index contributed by atoms with van der Waals surface area (Å²) in [5.41, 5.74) is 3.35. The molecule has 0 spiro atoms. The van der Waals surface area contributed by atoms with Crippen LogP contribution in [-0.4, -0.2) is 28.4 Å². The van der Waals surface area contributed by atoms with E-state index in [0.717, 1.165) is 25.2 Å². The number of aromatic nitrogens is 1. The van der Waals surface area contributed by atoms with Gasteiger partial charge in [0.25, 0.3) is 0 Å². The van der Waals surface area contributed by atoms with Crippen LogP contribution in [0.15, 0.2) is 48.8 Å². The fourth-order valence-corrected chi connectivity index (χ4v) is 2.63. The molecule has 3 rings (SSSR count). The Labute approximate surface area is 124 Å². The number of carbonyl (C=O) groups excluding carboxylic acids is 1. The van der Waals surface area contributed by atoms with Crippen molar-refractivity contribution in [2.75, 3.05) is 11.9 Å². The third-order valence-electron chi connectivity index (χ3n) is 4.01. The lowest BCUT2D eigenvalue weighted by Gasteiger charge is -2.25. The highest BCUT2D eigenvalue weighted by atomic mass is 16.2. The predicted molar refractivity (Wildman–Crippen MR) is 82.9 cm³/mol. The van der Waals surface area contributed by atoms with Gasteiger partial charge in [0.15, 0.2) is 0 Å². The lowest BCUT2D eigenvalue weighted by Crippen LogP contribution is -2.40. The SMILES string of the molecule is CC1C(=O)Nc2ccccc2CN1CCc1ccncc1. The highest BCUT2D eigenvalue weighted by Gasteiger charge is 2.26. The topological polar surface area (TPSA) is 45.2 Å². The molecule has 0 saturated carbocycles. The molecule has 1 aromatic heterocycles. The Balaban J connectivity index is 1.76. The highest BCUT2D eigenvalue weighted by Crippen LogP contribution is 2.23. The second-order valence-electron chi connectivity index (χ2n) is 5.40. The molecule has 1 aromatic carbocycles. The zero-order valence-corrected chi connectivity index (χ0v) is 12.1. The van der Waals surface area contributed by atoms with E-state index in [4.69, 9.17) is 0 Å². The number of para-hydroxylation sites is 1. The maximum atomic E-state index is 12.2. The summed E-state index contributed by atoms with van der Waals surface area (Å²) in [5.74, 6) is 0.0645. The number of hydrogen-bond donors (Lipinski definition) is 1. The summed E-state index contributed by atoms with van der Waals surface area (Å²) in [5, 5.41) is 3.01. The summed E-state index contributed by atoms with van der Waals surface area (Å²) in [6.45, 7) is 3.61. The largest absolute Gasteiger partial charge is 0.324 e. The van der Waals surface area contributed by atoms with Crippen molar-refractivity contribution >= 4 is 11.6 Å². The average molecular weight is 281 g/mol. The van der Waals surface area contributed by atoms with Gasteiger partial charge in [-0.2, -0.15) is 0 Å².